The molecule has 2 aromatic rings. The lowest BCUT2D eigenvalue weighted by Crippen LogP contribution is -2.33. The number of aryl methyl sites for hydroxylation is 1. The maximum absolute atomic E-state index is 12.8. The van der Waals surface area contributed by atoms with Gasteiger partial charge in [0, 0.05) is 12.6 Å². The van der Waals surface area contributed by atoms with Crippen molar-refractivity contribution in [3.8, 4) is 5.75 Å². The second-order valence-electron chi connectivity index (χ2n) is 6.20. The number of ether oxygens (including phenoxy) is 1. The van der Waals surface area contributed by atoms with E-state index in [0.717, 1.165) is 29.7 Å². The molecule has 0 atom stereocenters. The summed E-state index contributed by atoms with van der Waals surface area (Å²) in [6, 6.07) is 16.5. The lowest BCUT2D eigenvalue weighted by atomic mass is 10.0. The molecule has 1 saturated carbocycles. The SMILES string of the molecule is COc1ccc(CN(C(=O)Cc2ccccc2C)C2CC2)cc1. The van der Waals surface area contributed by atoms with Gasteiger partial charge in [-0.2, -0.15) is 0 Å². The summed E-state index contributed by atoms with van der Waals surface area (Å²) >= 11 is 0. The fourth-order valence-electron chi connectivity index (χ4n) is 2.81. The van der Waals surface area contributed by atoms with Gasteiger partial charge < -0.3 is 9.64 Å². The van der Waals surface area contributed by atoms with Crippen LogP contribution in [0.25, 0.3) is 0 Å². The first-order valence-electron chi connectivity index (χ1n) is 8.14. The predicted molar refractivity (Wildman–Crippen MR) is 91.4 cm³/mol. The van der Waals surface area contributed by atoms with Gasteiger partial charge in [-0.15, -0.1) is 0 Å². The monoisotopic (exact) mass is 309 g/mol. The molecule has 0 heterocycles. The van der Waals surface area contributed by atoms with Crippen molar-refractivity contribution < 1.29 is 9.53 Å². The Morgan fingerprint density at radius 1 is 1.13 bits per heavy atom. The summed E-state index contributed by atoms with van der Waals surface area (Å²) in [7, 11) is 1.66. The van der Waals surface area contributed by atoms with Crippen LogP contribution in [0.15, 0.2) is 48.5 Å². The zero-order chi connectivity index (χ0) is 16.2. The van der Waals surface area contributed by atoms with Crippen molar-refractivity contribution in [2.24, 2.45) is 0 Å². The van der Waals surface area contributed by atoms with Gasteiger partial charge in [0.15, 0.2) is 0 Å². The molecule has 3 heteroatoms. The molecule has 23 heavy (non-hydrogen) atoms. The molecule has 0 aromatic heterocycles. The molecule has 0 aliphatic heterocycles. The van der Waals surface area contributed by atoms with Gasteiger partial charge in [-0.1, -0.05) is 36.4 Å². The third-order valence-corrected chi connectivity index (χ3v) is 4.42. The fourth-order valence-corrected chi connectivity index (χ4v) is 2.81. The van der Waals surface area contributed by atoms with E-state index in [0.29, 0.717) is 19.0 Å². The van der Waals surface area contributed by atoms with E-state index in [9.17, 15) is 4.79 Å². The summed E-state index contributed by atoms with van der Waals surface area (Å²) in [6.45, 7) is 2.74. The second kappa shape index (κ2) is 6.86. The minimum Gasteiger partial charge on any atom is -0.497 e. The molecule has 0 N–H and O–H groups in total. The molecule has 120 valence electrons. The van der Waals surface area contributed by atoms with Crippen LogP contribution in [0.1, 0.15) is 29.5 Å². The first-order valence-corrected chi connectivity index (χ1v) is 8.14. The number of rotatable bonds is 6. The van der Waals surface area contributed by atoms with E-state index in [4.69, 9.17) is 4.74 Å². The van der Waals surface area contributed by atoms with Gasteiger partial charge in [-0.05, 0) is 48.6 Å². The third-order valence-electron chi connectivity index (χ3n) is 4.42. The minimum atomic E-state index is 0.220. The zero-order valence-electron chi connectivity index (χ0n) is 13.8. The Hall–Kier alpha value is -2.29. The molecule has 2 aromatic carbocycles. The van der Waals surface area contributed by atoms with Gasteiger partial charge >= 0.3 is 0 Å². The van der Waals surface area contributed by atoms with Crippen molar-refractivity contribution in [2.75, 3.05) is 7.11 Å². The van der Waals surface area contributed by atoms with Crippen LogP contribution in [0.2, 0.25) is 0 Å². The van der Waals surface area contributed by atoms with Gasteiger partial charge in [-0.3, -0.25) is 4.79 Å². The minimum absolute atomic E-state index is 0.220. The third kappa shape index (κ3) is 3.92. The number of hydrogen-bond acceptors (Lipinski definition) is 2. The average molecular weight is 309 g/mol. The van der Waals surface area contributed by atoms with Gasteiger partial charge in [0.1, 0.15) is 5.75 Å². The van der Waals surface area contributed by atoms with Crippen molar-refractivity contribution in [1.82, 2.24) is 4.90 Å². The summed E-state index contributed by atoms with van der Waals surface area (Å²) in [4.78, 5) is 14.8. The smallest absolute Gasteiger partial charge is 0.227 e. The Kier molecular flexibility index (Phi) is 4.65. The zero-order valence-corrected chi connectivity index (χ0v) is 13.8. The summed E-state index contributed by atoms with van der Waals surface area (Å²) < 4.78 is 5.19. The Morgan fingerprint density at radius 2 is 1.83 bits per heavy atom. The van der Waals surface area contributed by atoms with E-state index in [1.165, 1.54) is 5.56 Å². The number of carbonyl (C=O) groups is 1. The molecule has 0 spiro atoms. The lowest BCUT2D eigenvalue weighted by molar-refractivity contribution is -0.131. The number of carbonyl (C=O) groups excluding carboxylic acids is 1. The van der Waals surface area contributed by atoms with Crippen molar-refractivity contribution in [1.29, 1.82) is 0 Å². The van der Waals surface area contributed by atoms with E-state index >= 15 is 0 Å². The summed E-state index contributed by atoms with van der Waals surface area (Å²) in [5, 5.41) is 0. The van der Waals surface area contributed by atoms with Gasteiger partial charge in [-0.25, -0.2) is 0 Å². The lowest BCUT2D eigenvalue weighted by Gasteiger charge is -2.23. The molecule has 0 radical (unpaired) electrons. The first kappa shape index (κ1) is 15.6. The van der Waals surface area contributed by atoms with E-state index < -0.39 is 0 Å². The van der Waals surface area contributed by atoms with Crippen molar-refractivity contribution in [3.63, 3.8) is 0 Å². The van der Waals surface area contributed by atoms with Crippen LogP contribution in [0.5, 0.6) is 5.75 Å². The molecule has 1 fully saturated rings. The standard InChI is InChI=1S/C20H23NO2/c1-15-5-3-4-6-17(15)13-20(22)21(18-9-10-18)14-16-7-11-19(23-2)12-8-16/h3-8,11-12,18H,9-10,13-14H2,1-2H3. The Labute approximate surface area is 137 Å². The van der Waals surface area contributed by atoms with Gasteiger partial charge in [0.25, 0.3) is 0 Å². The number of amides is 1. The molecule has 3 rings (SSSR count). The summed E-state index contributed by atoms with van der Waals surface area (Å²) in [6.07, 6.45) is 2.73. The summed E-state index contributed by atoms with van der Waals surface area (Å²) in [5.41, 5.74) is 3.45. The van der Waals surface area contributed by atoms with Gasteiger partial charge in [0.2, 0.25) is 5.91 Å². The van der Waals surface area contributed by atoms with Crippen LogP contribution in [-0.4, -0.2) is 24.0 Å². The number of hydrogen-bond donors (Lipinski definition) is 0. The maximum Gasteiger partial charge on any atom is 0.227 e. The Morgan fingerprint density at radius 3 is 2.43 bits per heavy atom. The molecule has 0 saturated heterocycles. The van der Waals surface area contributed by atoms with Gasteiger partial charge in [0.05, 0.1) is 13.5 Å². The van der Waals surface area contributed by atoms with Crippen LogP contribution in [0, 0.1) is 6.92 Å². The second-order valence-corrected chi connectivity index (χ2v) is 6.20. The van der Waals surface area contributed by atoms with Crippen LogP contribution in [0.3, 0.4) is 0 Å². The van der Waals surface area contributed by atoms with Crippen LogP contribution < -0.4 is 4.74 Å². The van der Waals surface area contributed by atoms with E-state index in [-0.39, 0.29) is 5.91 Å². The van der Waals surface area contributed by atoms with E-state index in [1.54, 1.807) is 7.11 Å². The molecular weight excluding hydrogens is 286 g/mol. The maximum atomic E-state index is 12.8. The van der Waals surface area contributed by atoms with E-state index in [2.05, 4.69) is 13.0 Å². The molecule has 1 aliphatic rings. The Bertz CT molecular complexity index is 674. The molecule has 0 bridgehead atoms. The summed E-state index contributed by atoms with van der Waals surface area (Å²) in [5.74, 6) is 1.07. The highest BCUT2D eigenvalue weighted by Crippen LogP contribution is 2.29. The highest BCUT2D eigenvalue weighted by molar-refractivity contribution is 5.79. The highest BCUT2D eigenvalue weighted by atomic mass is 16.5. The number of methoxy groups -OCH3 is 1. The Balaban J connectivity index is 1.70. The normalized spacial score (nSPS) is 13.7. The fraction of sp³-hybridized carbons (Fsp3) is 0.350. The predicted octanol–water partition coefficient (Wildman–Crippen LogP) is 3.74. The molecule has 1 amide bonds. The average Bonchev–Trinajstić information content (AvgIpc) is 3.40. The van der Waals surface area contributed by atoms with Crippen molar-refractivity contribution in [2.45, 2.75) is 38.8 Å². The highest BCUT2D eigenvalue weighted by Gasteiger charge is 2.32. The van der Waals surface area contributed by atoms with Crippen LogP contribution in [-0.2, 0) is 17.8 Å². The number of benzene rings is 2. The van der Waals surface area contributed by atoms with E-state index in [1.807, 2.05) is 47.4 Å². The molecule has 1 aliphatic carbocycles. The molecule has 0 unspecified atom stereocenters. The topological polar surface area (TPSA) is 29.5 Å². The van der Waals surface area contributed by atoms with Crippen molar-refractivity contribution in [3.05, 3.63) is 65.2 Å². The number of nitrogens with zero attached hydrogens (tertiary/aromatic N) is 1. The quantitative estimate of drug-likeness (QED) is 0.813. The molecular formula is C20H23NO2. The largest absolute Gasteiger partial charge is 0.497 e. The van der Waals surface area contributed by atoms with Crippen LogP contribution in [0.4, 0.5) is 0 Å². The molecule has 3 nitrogen and oxygen atoms in total. The first-order chi connectivity index (χ1) is 11.2. The van der Waals surface area contributed by atoms with Crippen molar-refractivity contribution >= 4 is 5.91 Å². The van der Waals surface area contributed by atoms with Crippen LogP contribution >= 0.6 is 0 Å².